The molecule has 3 fully saturated rings. The molecule has 1 N–H and O–H groups in total. The second kappa shape index (κ2) is 8.35. The lowest BCUT2D eigenvalue weighted by Crippen LogP contribution is -2.55. The number of alkyl halides is 6. The number of piperazine rings is 1. The van der Waals surface area contributed by atoms with Gasteiger partial charge in [-0.1, -0.05) is 36.4 Å². The third kappa shape index (κ3) is 3.94. The zero-order valence-electron chi connectivity index (χ0n) is 19.8. The summed E-state index contributed by atoms with van der Waals surface area (Å²) >= 11 is 0. The van der Waals surface area contributed by atoms with Gasteiger partial charge in [0, 0.05) is 17.6 Å². The summed E-state index contributed by atoms with van der Waals surface area (Å²) in [6.45, 7) is -0.0273. The van der Waals surface area contributed by atoms with Crippen LogP contribution in [0.5, 0.6) is 0 Å². The molecular weight excluding hydrogens is 530 g/mol. The van der Waals surface area contributed by atoms with E-state index in [4.69, 9.17) is 0 Å². The molecule has 5 amide bonds. The standard InChI is InChI=1S/C26H18F6N4O3/c27-25(28,29)14-8-15(26(30,31)32)10-16(9-14)33-23(38)34-12-17-11-20(34)21-22(37)36(24(39)35(17)21)19-7-3-5-13-4-1-2-6-18(13)19/h1-10,17,20-21H,11-12H2,(H,33,38)/t17-,20?,21?/m1/s1. The fourth-order valence-corrected chi connectivity index (χ4v) is 5.74. The number of hydrogen-bond acceptors (Lipinski definition) is 3. The van der Waals surface area contributed by atoms with Crippen molar-refractivity contribution >= 4 is 40.1 Å². The lowest BCUT2D eigenvalue weighted by atomic mass is 10.1. The summed E-state index contributed by atoms with van der Waals surface area (Å²) < 4.78 is 79.4. The summed E-state index contributed by atoms with van der Waals surface area (Å²) in [5.74, 6) is -0.556. The minimum atomic E-state index is -5.07. The summed E-state index contributed by atoms with van der Waals surface area (Å²) in [4.78, 5) is 43.6. The highest BCUT2D eigenvalue weighted by Gasteiger charge is 2.63. The van der Waals surface area contributed by atoms with Crippen molar-refractivity contribution in [3.05, 3.63) is 71.8 Å². The number of halogens is 6. The van der Waals surface area contributed by atoms with E-state index in [1.807, 2.05) is 18.2 Å². The molecule has 13 heteroatoms. The van der Waals surface area contributed by atoms with Crippen molar-refractivity contribution in [2.45, 2.75) is 36.9 Å². The number of hydrogen-bond donors (Lipinski definition) is 1. The molecule has 2 bridgehead atoms. The molecule has 3 aliphatic rings. The maximum Gasteiger partial charge on any atom is 0.416 e. The van der Waals surface area contributed by atoms with Gasteiger partial charge in [0.05, 0.1) is 28.9 Å². The number of fused-ring (bicyclic) bond motifs is 6. The quantitative estimate of drug-likeness (QED) is 0.330. The lowest BCUT2D eigenvalue weighted by molar-refractivity contribution is -0.143. The van der Waals surface area contributed by atoms with E-state index in [1.54, 1.807) is 24.3 Å². The highest BCUT2D eigenvalue weighted by atomic mass is 19.4. The average Bonchev–Trinajstić information content (AvgIpc) is 3.54. The number of urea groups is 2. The van der Waals surface area contributed by atoms with E-state index in [0.29, 0.717) is 23.2 Å². The van der Waals surface area contributed by atoms with Crippen LogP contribution in [0.1, 0.15) is 17.5 Å². The number of imide groups is 1. The molecule has 6 rings (SSSR count). The van der Waals surface area contributed by atoms with Gasteiger partial charge in [-0.3, -0.25) is 4.79 Å². The SMILES string of the molecule is O=C1C2C3C[C@H](CN3C(=O)Nc3cc(C(F)(F)F)cc(C(F)(F)F)c3)N2C(=O)N1c1cccc2ccccc12. The lowest BCUT2D eigenvalue weighted by Gasteiger charge is -2.34. The first kappa shape index (κ1) is 25.0. The third-order valence-electron chi connectivity index (χ3n) is 7.37. The molecule has 202 valence electrons. The number of amides is 5. The molecule has 3 aliphatic heterocycles. The number of carbonyl (C=O) groups excluding carboxylic acids is 3. The minimum absolute atomic E-state index is 0.0273. The Kier molecular flexibility index (Phi) is 5.36. The second-order valence-electron chi connectivity index (χ2n) is 9.64. The van der Waals surface area contributed by atoms with Gasteiger partial charge in [-0.15, -0.1) is 0 Å². The fraction of sp³-hybridized carbons (Fsp3) is 0.269. The van der Waals surface area contributed by atoms with Gasteiger partial charge < -0.3 is 15.1 Å². The van der Waals surface area contributed by atoms with Crippen molar-refractivity contribution < 1.29 is 40.7 Å². The van der Waals surface area contributed by atoms with Crippen molar-refractivity contribution in [3.63, 3.8) is 0 Å². The first-order valence-electron chi connectivity index (χ1n) is 11.9. The molecule has 0 spiro atoms. The maximum absolute atomic E-state index is 13.5. The molecule has 3 atom stereocenters. The Bertz CT molecular complexity index is 1500. The van der Waals surface area contributed by atoms with Crippen LogP contribution in [0.2, 0.25) is 0 Å². The van der Waals surface area contributed by atoms with E-state index in [-0.39, 0.29) is 19.0 Å². The smallest absolute Gasteiger partial charge is 0.317 e. The Morgan fingerprint density at radius 1 is 0.872 bits per heavy atom. The summed E-state index contributed by atoms with van der Waals surface area (Å²) in [6, 6.07) is 9.32. The normalized spacial score (nSPS) is 22.7. The van der Waals surface area contributed by atoms with Crippen molar-refractivity contribution in [1.29, 1.82) is 0 Å². The molecular formula is C26H18F6N4O3. The maximum atomic E-state index is 13.5. The van der Waals surface area contributed by atoms with Crippen molar-refractivity contribution in [1.82, 2.24) is 9.80 Å². The number of nitrogens with one attached hydrogen (secondary N) is 1. The van der Waals surface area contributed by atoms with E-state index >= 15 is 0 Å². The fourth-order valence-electron chi connectivity index (χ4n) is 5.74. The zero-order valence-corrected chi connectivity index (χ0v) is 19.8. The molecule has 0 saturated carbocycles. The molecule has 0 aromatic heterocycles. The van der Waals surface area contributed by atoms with Crippen LogP contribution in [0, 0.1) is 0 Å². The largest absolute Gasteiger partial charge is 0.416 e. The Labute approximate surface area is 216 Å². The number of rotatable bonds is 2. The molecule has 2 unspecified atom stereocenters. The van der Waals surface area contributed by atoms with Crippen LogP contribution >= 0.6 is 0 Å². The molecule has 39 heavy (non-hydrogen) atoms. The third-order valence-corrected chi connectivity index (χ3v) is 7.37. The van der Waals surface area contributed by atoms with Gasteiger partial charge in [0.2, 0.25) is 0 Å². The predicted octanol–water partition coefficient (Wildman–Crippen LogP) is 5.70. The molecule has 3 heterocycles. The van der Waals surface area contributed by atoms with Gasteiger partial charge in [0.25, 0.3) is 5.91 Å². The number of anilines is 2. The van der Waals surface area contributed by atoms with Gasteiger partial charge in [-0.2, -0.15) is 26.3 Å². The van der Waals surface area contributed by atoms with Crippen LogP contribution in [-0.4, -0.2) is 52.4 Å². The van der Waals surface area contributed by atoms with Crippen LogP contribution in [0.4, 0.5) is 47.3 Å². The van der Waals surface area contributed by atoms with Crippen LogP contribution in [0.3, 0.4) is 0 Å². The average molecular weight is 548 g/mol. The first-order valence-corrected chi connectivity index (χ1v) is 11.9. The Morgan fingerprint density at radius 2 is 1.51 bits per heavy atom. The van der Waals surface area contributed by atoms with Gasteiger partial charge in [-0.05, 0) is 36.1 Å². The number of nitrogens with zero attached hydrogens (tertiary/aromatic N) is 3. The van der Waals surface area contributed by atoms with E-state index in [2.05, 4.69) is 5.32 Å². The van der Waals surface area contributed by atoms with Gasteiger partial charge in [0.1, 0.15) is 6.04 Å². The number of carbonyl (C=O) groups is 3. The highest BCUT2D eigenvalue weighted by molar-refractivity contribution is 6.25. The van der Waals surface area contributed by atoms with E-state index in [1.165, 1.54) is 9.80 Å². The molecule has 0 aliphatic carbocycles. The van der Waals surface area contributed by atoms with Gasteiger partial charge in [-0.25, -0.2) is 14.5 Å². The summed E-state index contributed by atoms with van der Waals surface area (Å²) in [5, 5.41) is 3.61. The summed E-state index contributed by atoms with van der Waals surface area (Å²) in [6.07, 6.45) is -9.89. The van der Waals surface area contributed by atoms with Crippen molar-refractivity contribution in [2.24, 2.45) is 0 Å². The van der Waals surface area contributed by atoms with Crippen molar-refractivity contribution in [3.8, 4) is 0 Å². The van der Waals surface area contributed by atoms with E-state index in [9.17, 15) is 40.7 Å². The molecule has 0 radical (unpaired) electrons. The molecule has 3 saturated heterocycles. The summed E-state index contributed by atoms with van der Waals surface area (Å²) in [7, 11) is 0. The molecule has 3 aromatic carbocycles. The van der Waals surface area contributed by atoms with Crippen LogP contribution < -0.4 is 10.2 Å². The topological polar surface area (TPSA) is 73.0 Å². The number of benzene rings is 3. The van der Waals surface area contributed by atoms with Crippen molar-refractivity contribution in [2.75, 3.05) is 16.8 Å². The Hall–Kier alpha value is -4.29. The van der Waals surface area contributed by atoms with Gasteiger partial charge >= 0.3 is 24.4 Å². The predicted molar refractivity (Wildman–Crippen MR) is 127 cm³/mol. The first-order chi connectivity index (χ1) is 18.3. The molecule has 3 aromatic rings. The van der Waals surface area contributed by atoms with E-state index < -0.39 is 65.3 Å². The summed E-state index contributed by atoms with van der Waals surface area (Å²) in [5.41, 5.74) is -3.43. The van der Waals surface area contributed by atoms with Gasteiger partial charge in [0.15, 0.2) is 0 Å². The Morgan fingerprint density at radius 3 is 2.18 bits per heavy atom. The van der Waals surface area contributed by atoms with Crippen LogP contribution in [0.25, 0.3) is 10.8 Å². The Balaban J connectivity index is 1.27. The second-order valence-corrected chi connectivity index (χ2v) is 9.64. The number of likely N-dealkylation sites (tertiary alicyclic amines) is 1. The monoisotopic (exact) mass is 548 g/mol. The highest BCUT2D eigenvalue weighted by Crippen LogP contribution is 2.44. The van der Waals surface area contributed by atoms with E-state index in [0.717, 1.165) is 10.3 Å². The zero-order chi connectivity index (χ0) is 27.9. The van der Waals surface area contributed by atoms with Crippen LogP contribution in [0.15, 0.2) is 60.7 Å². The minimum Gasteiger partial charge on any atom is -0.317 e. The molecule has 7 nitrogen and oxygen atoms in total. The van der Waals surface area contributed by atoms with Crippen LogP contribution in [-0.2, 0) is 17.1 Å².